The van der Waals surface area contributed by atoms with Crippen molar-refractivity contribution in [3.8, 4) is 0 Å². The van der Waals surface area contributed by atoms with Crippen LogP contribution in [-0.2, 0) is 32.3 Å². The summed E-state index contributed by atoms with van der Waals surface area (Å²) in [6.45, 7) is 5.85. The first-order valence-corrected chi connectivity index (χ1v) is 7.16. The van der Waals surface area contributed by atoms with E-state index in [9.17, 15) is 9.59 Å². The van der Waals surface area contributed by atoms with Crippen molar-refractivity contribution in [1.29, 1.82) is 0 Å². The van der Waals surface area contributed by atoms with E-state index in [2.05, 4.69) is 0 Å². The molecule has 2 aromatic rings. The van der Waals surface area contributed by atoms with Crippen LogP contribution in [0.15, 0.2) is 15.3 Å². The molecule has 5 heteroatoms. The van der Waals surface area contributed by atoms with Crippen LogP contribution in [0.2, 0.25) is 0 Å². The summed E-state index contributed by atoms with van der Waals surface area (Å²) in [4.78, 5) is 22.7. The van der Waals surface area contributed by atoms with E-state index in [1.165, 1.54) is 0 Å². The van der Waals surface area contributed by atoms with Crippen LogP contribution in [0.3, 0.4) is 0 Å². The second kappa shape index (κ2) is 6.00. The maximum absolute atomic E-state index is 12.1. The first-order chi connectivity index (χ1) is 9.95. The van der Waals surface area contributed by atoms with E-state index in [1.807, 2.05) is 33.1 Å². The quantitative estimate of drug-likeness (QED) is 0.428. The summed E-state index contributed by atoms with van der Waals surface area (Å²) in [5.41, 5.74) is 10.6. The Morgan fingerprint density at radius 3 is 2.77 bits per heavy atom. The number of rotatable bonds is 3. The van der Waals surface area contributed by atoms with E-state index < -0.39 is 0 Å². The van der Waals surface area contributed by atoms with Gasteiger partial charge < -0.3 is 14.9 Å². The van der Waals surface area contributed by atoms with E-state index in [0.717, 1.165) is 27.6 Å². The number of benzene rings is 1. The molecule has 1 aliphatic carbocycles. The zero-order valence-electron chi connectivity index (χ0n) is 12.9. The van der Waals surface area contributed by atoms with Gasteiger partial charge in [-0.1, -0.05) is 12.8 Å². The van der Waals surface area contributed by atoms with Gasteiger partial charge in [-0.15, -0.1) is 6.42 Å². The first-order valence-electron chi connectivity index (χ1n) is 7.16. The van der Waals surface area contributed by atoms with E-state index in [4.69, 9.17) is 10.2 Å². The predicted octanol–water partition coefficient (Wildman–Crippen LogP) is 2.77. The van der Waals surface area contributed by atoms with Crippen molar-refractivity contribution in [3.05, 3.63) is 38.7 Å². The van der Waals surface area contributed by atoms with Crippen molar-refractivity contribution in [2.75, 3.05) is 5.73 Å². The number of nitrogen functional groups attached to an aromatic ring is 1. The minimum absolute atomic E-state index is 0. The van der Waals surface area contributed by atoms with Crippen LogP contribution in [-0.4, -0.2) is 6.29 Å². The van der Waals surface area contributed by atoms with E-state index in [1.54, 1.807) is 0 Å². The van der Waals surface area contributed by atoms with Crippen LogP contribution < -0.4 is 11.4 Å². The van der Waals surface area contributed by atoms with E-state index >= 15 is 0 Å². The normalized spacial score (nSPS) is 17.3. The molecule has 0 bridgehead atoms. The van der Waals surface area contributed by atoms with Gasteiger partial charge in [0.15, 0.2) is 0 Å². The SMILES string of the molecule is Cc1cc2c3c(c(=O)oc2c(C)c1N)CC3C(C)C[C-]=O.[W]. The Bertz CT molecular complexity index is 810. The minimum atomic E-state index is -0.276. The summed E-state index contributed by atoms with van der Waals surface area (Å²) in [5.74, 6) is 0.397. The molecule has 0 aliphatic heterocycles. The Morgan fingerprint density at radius 1 is 1.45 bits per heavy atom. The molecular weight excluding hydrogens is 450 g/mol. The maximum Gasteiger partial charge on any atom is 0.339 e. The fraction of sp³-hybridized carbons (Fsp3) is 0.412. The topological polar surface area (TPSA) is 73.3 Å². The Kier molecular flexibility index (Phi) is 4.62. The van der Waals surface area contributed by atoms with E-state index in [0.29, 0.717) is 24.1 Å². The fourth-order valence-corrected chi connectivity index (χ4v) is 3.31. The summed E-state index contributed by atoms with van der Waals surface area (Å²) in [7, 11) is 0. The van der Waals surface area contributed by atoms with Gasteiger partial charge >= 0.3 is 5.63 Å². The molecule has 0 amide bonds. The zero-order chi connectivity index (χ0) is 15.3. The van der Waals surface area contributed by atoms with Gasteiger partial charge in [0.25, 0.3) is 0 Å². The van der Waals surface area contributed by atoms with Crippen LogP contribution in [0, 0.1) is 19.8 Å². The number of fused-ring (bicyclic) bond motifs is 3. The van der Waals surface area contributed by atoms with Gasteiger partial charge in [-0.05, 0) is 43.4 Å². The number of aryl methyl sites for hydroxylation is 2. The molecule has 0 radical (unpaired) electrons. The average molecular weight is 468 g/mol. The van der Waals surface area contributed by atoms with E-state index in [-0.39, 0.29) is 38.5 Å². The van der Waals surface area contributed by atoms with Crippen molar-refractivity contribution in [2.45, 2.75) is 39.5 Å². The molecule has 1 aromatic heterocycles. The summed E-state index contributed by atoms with van der Waals surface area (Å²) in [5, 5.41) is 0.961. The standard InChI is InChI=1S/C17H18NO3.W/c1-8(4-5-19)11-7-13-14(11)12-6-9(2)15(18)10(3)16(12)21-17(13)20;/h6,8,11H,4,7,18H2,1-3H3;/q-1;. The Balaban J connectivity index is 0.00000176. The molecule has 2 unspecified atom stereocenters. The van der Waals surface area contributed by atoms with Crippen molar-refractivity contribution in [3.63, 3.8) is 0 Å². The second-order valence-electron chi connectivity index (χ2n) is 6.03. The van der Waals surface area contributed by atoms with Gasteiger partial charge in [0.05, 0.1) is 0 Å². The van der Waals surface area contributed by atoms with Crippen molar-refractivity contribution < 1.29 is 30.3 Å². The molecular formula is C17H18NO3W-. The molecule has 0 spiro atoms. The first kappa shape index (κ1) is 17.0. The Labute approximate surface area is 143 Å². The van der Waals surface area contributed by atoms with Gasteiger partial charge in [0.1, 0.15) is 5.58 Å². The molecule has 22 heavy (non-hydrogen) atoms. The number of anilines is 1. The van der Waals surface area contributed by atoms with Gasteiger partial charge in [0, 0.05) is 43.3 Å². The number of carbonyl (C=O) groups excluding carboxylic acids is 1. The average Bonchev–Trinajstić information content (AvgIpc) is 2.39. The molecule has 2 atom stereocenters. The zero-order valence-corrected chi connectivity index (χ0v) is 15.8. The molecule has 116 valence electrons. The second-order valence-corrected chi connectivity index (χ2v) is 6.03. The fourth-order valence-electron chi connectivity index (χ4n) is 3.31. The van der Waals surface area contributed by atoms with Crippen LogP contribution in [0.25, 0.3) is 11.0 Å². The maximum atomic E-state index is 12.1. The molecule has 0 fully saturated rings. The summed E-state index contributed by atoms with van der Waals surface area (Å²) in [6, 6.07) is 1.99. The molecule has 0 saturated carbocycles. The summed E-state index contributed by atoms with van der Waals surface area (Å²) >= 11 is 0. The number of hydrogen-bond acceptors (Lipinski definition) is 4. The molecule has 1 heterocycles. The molecule has 1 aliphatic rings. The monoisotopic (exact) mass is 468 g/mol. The Morgan fingerprint density at radius 2 is 2.14 bits per heavy atom. The number of nitrogens with two attached hydrogens (primary N) is 1. The van der Waals surface area contributed by atoms with Crippen LogP contribution in [0.4, 0.5) is 5.69 Å². The third kappa shape index (κ3) is 2.34. The molecule has 2 N–H and O–H groups in total. The summed E-state index contributed by atoms with van der Waals surface area (Å²) in [6.07, 6.45) is 3.04. The van der Waals surface area contributed by atoms with Crippen molar-refractivity contribution in [1.82, 2.24) is 0 Å². The van der Waals surface area contributed by atoms with Gasteiger partial charge in [0.2, 0.25) is 0 Å². The molecule has 3 rings (SSSR count). The third-order valence-electron chi connectivity index (χ3n) is 4.72. The smallest absolute Gasteiger partial charge is 0.339 e. The third-order valence-corrected chi connectivity index (χ3v) is 4.72. The minimum Gasteiger partial charge on any atom is -0.542 e. The van der Waals surface area contributed by atoms with Crippen LogP contribution in [0.1, 0.15) is 41.5 Å². The predicted molar refractivity (Wildman–Crippen MR) is 82.3 cm³/mol. The van der Waals surface area contributed by atoms with Crippen LogP contribution in [0.5, 0.6) is 0 Å². The van der Waals surface area contributed by atoms with Crippen molar-refractivity contribution >= 4 is 22.9 Å². The van der Waals surface area contributed by atoms with Crippen molar-refractivity contribution in [2.24, 2.45) is 5.92 Å². The van der Waals surface area contributed by atoms with Crippen LogP contribution >= 0.6 is 0 Å². The Hall–Kier alpha value is -1.41. The molecule has 4 nitrogen and oxygen atoms in total. The van der Waals surface area contributed by atoms with Gasteiger partial charge in [-0.25, -0.2) is 4.79 Å². The largest absolute Gasteiger partial charge is 0.542 e. The molecule has 1 aromatic carbocycles. The summed E-state index contributed by atoms with van der Waals surface area (Å²) < 4.78 is 5.47. The van der Waals surface area contributed by atoms with Gasteiger partial charge in [-0.3, -0.25) is 6.29 Å². The van der Waals surface area contributed by atoms with Gasteiger partial charge in [-0.2, -0.15) is 0 Å². The molecule has 0 saturated heterocycles. The number of hydrogen-bond donors (Lipinski definition) is 1.